The molecule has 1 saturated carbocycles. The first kappa shape index (κ1) is 20.2. The van der Waals surface area contributed by atoms with Crippen molar-refractivity contribution in [2.45, 2.75) is 89.3 Å². The molecule has 1 aliphatic rings. The molecule has 1 fully saturated rings. The van der Waals surface area contributed by atoms with Crippen molar-refractivity contribution in [1.29, 1.82) is 0 Å². The molecule has 0 spiro atoms. The van der Waals surface area contributed by atoms with Crippen molar-refractivity contribution < 1.29 is 14.6 Å². The van der Waals surface area contributed by atoms with Crippen molar-refractivity contribution in [1.82, 2.24) is 5.32 Å². The maximum atomic E-state index is 11.0. The van der Waals surface area contributed by atoms with Crippen molar-refractivity contribution in [3.8, 4) is 0 Å². The van der Waals surface area contributed by atoms with Gasteiger partial charge in [0, 0.05) is 13.2 Å². The number of rotatable bonds is 7. The molecule has 2 atom stereocenters. The molecule has 0 heterocycles. The standard InChI is InChI=1S/C19H35NO3/c1-2-19(22)20-15-11-12-16-23-18-14-10-8-6-4-3-5-7-9-13-17(18)21/h2,17-18,21H,1,3-16H2,(H,20,22). The van der Waals surface area contributed by atoms with Gasteiger partial charge in [-0.15, -0.1) is 0 Å². The summed E-state index contributed by atoms with van der Waals surface area (Å²) in [6, 6.07) is 0. The number of hydrogen-bond donors (Lipinski definition) is 2. The second-order valence-corrected chi connectivity index (χ2v) is 6.58. The van der Waals surface area contributed by atoms with E-state index in [1.807, 2.05) is 0 Å². The molecule has 0 aromatic carbocycles. The van der Waals surface area contributed by atoms with Gasteiger partial charge in [0.05, 0.1) is 12.2 Å². The van der Waals surface area contributed by atoms with Gasteiger partial charge >= 0.3 is 0 Å². The second kappa shape index (κ2) is 13.6. The minimum atomic E-state index is -0.324. The lowest BCUT2D eigenvalue weighted by atomic mass is 9.97. The first-order valence-corrected chi connectivity index (χ1v) is 9.44. The Hall–Kier alpha value is -0.870. The number of amides is 1. The van der Waals surface area contributed by atoms with E-state index in [-0.39, 0.29) is 18.1 Å². The summed E-state index contributed by atoms with van der Waals surface area (Å²) in [7, 11) is 0. The molecule has 23 heavy (non-hydrogen) atoms. The second-order valence-electron chi connectivity index (χ2n) is 6.58. The Morgan fingerprint density at radius 1 is 1.04 bits per heavy atom. The monoisotopic (exact) mass is 325 g/mol. The molecule has 134 valence electrons. The average molecular weight is 325 g/mol. The van der Waals surface area contributed by atoms with Crippen LogP contribution in [0.2, 0.25) is 0 Å². The predicted octanol–water partition coefficient (Wildman–Crippen LogP) is 3.73. The van der Waals surface area contributed by atoms with E-state index in [1.165, 1.54) is 44.6 Å². The van der Waals surface area contributed by atoms with Crippen LogP contribution in [0.5, 0.6) is 0 Å². The van der Waals surface area contributed by atoms with Gasteiger partial charge in [-0.05, 0) is 31.8 Å². The maximum Gasteiger partial charge on any atom is 0.243 e. The van der Waals surface area contributed by atoms with Crippen molar-refractivity contribution >= 4 is 5.91 Å². The lowest BCUT2D eigenvalue weighted by Crippen LogP contribution is -2.30. The highest BCUT2D eigenvalue weighted by atomic mass is 16.5. The lowest BCUT2D eigenvalue weighted by molar-refractivity contribution is -0.116. The van der Waals surface area contributed by atoms with Gasteiger partial charge in [-0.3, -0.25) is 4.79 Å². The number of hydrogen-bond acceptors (Lipinski definition) is 3. The molecule has 0 bridgehead atoms. The number of carbonyl (C=O) groups is 1. The number of ether oxygens (including phenoxy) is 1. The highest BCUT2D eigenvalue weighted by Gasteiger charge is 2.19. The van der Waals surface area contributed by atoms with E-state index < -0.39 is 0 Å². The van der Waals surface area contributed by atoms with Gasteiger partial charge in [0.1, 0.15) is 0 Å². The van der Waals surface area contributed by atoms with Crippen LogP contribution in [0.25, 0.3) is 0 Å². The number of aliphatic hydroxyl groups excluding tert-OH is 1. The molecule has 1 amide bonds. The number of aliphatic hydroxyl groups is 1. The minimum Gasteiger partial charge on any atom is -0.390 e. The van der Waals surface area contributed by atoms with Crippen molar-refractivity contribution in [3.05, 3.63) is 12.7 Å². The van der Waals surface area contributed by atoms with Crippen LogP contribution in [0.3, 0.4) is 0 Å². The summed E-state index contributed by atoms with van der Waals surface area (Å²) in [6.07, 6.45) is 14.6. The Morgan fingerprint density at radius 3 is 2.30 bits per heavy atom. The third-order valence-electron chi connectivity index (χ3n) is 4.56. The molecule has 0 aromatic rings. The molecule has 0 radical (unpaired) electrons. The summed E-state index contributed by atoms with van der Waals surface area (Å²) in [5.41, 5.74) is 0. The highest BCUT2D eigenvalue weighted by molar-refractivity contribution is 5.86. The van der Waals surface area contributed by atoms with Gasteiger partial charge in [0.2, 0.25) is 5.91 Å². The van der Waals surface area contributed by atoms with Crippen molar-refractivity contribution in [3.63, 3.8) is 0 Å². The fourth-order valence-corrected chi connectivity index (χ4v) is 3.08. The van der Waals surface area contributed by atoms with Crippen molar-refractivity contribution in [2.24, 2.45) is 0 Å². The number of unbranched alkanes of at least 4 members (excludes halogenated alkanes) is 1. The van der Waals surface area contributed by atoms with Crippen LogP contribution in [0.1, 0.15) is 77.0 Å². The summed E-state index contributed by atoms with van der Waals surface area (Å²) < 4.78 is 5.95. The SMILES string of the molecule is C=CC(=O)NCCCCOC1CCCCCCCCCCC1O. The predicted molar refractivity (Wildman–Crippen MR) is 94.4 cm³/mol. The van der Waals surface area contributed by atoms with Gasteiger partial charge < -0.3 is 15.2 Å². The van der Waals surface area contributed by atoms with E-state index in [2.05, 4.69) is 11.9 Å². The molecule has 0 aromatic heterocycles. The van der Waals surface area contributed by atoms with Gasteiger partial charge in [0.25, 0.3) is 0 Å². The summed E-state index contributed by atoms with van der Waals surface area (Å²) in [5, 5.41) is 13.1. The fourth-order valence-electron chi connectivity index (χ4n) is 3.08. The summed E-state index contributed by atoms with van der Waals surface area (Å²) in [4.78, 5) is 11.0. The van der Waals surface area contributed by atoms with Crippen LogP contribution >= 0.6 is 0 Å². The molecule has 1 aliphatic carbocycles. The van der Waals surface area contributed by atoms with E-state index in [0.717, 1.165) is 38.5 Å². The first-order valence-electron chi connectivity index (χ1n) is 9.44. The Balaban J connectivity index is 2.20. The van der Waals surface area contributed by atoms with Gasteiger partial charge in [-0.2, -0.15) is 0 Å². The van der Waals surface area contributed by atoms with Crippen molar-refractivity contribution in [2.75, 3.05) is 13.2 Å². The Kier molecular flexibility index (Phi) is 11.9. The third kappa shape index (κ3) is 10.5. The molecular weight excluding hydrogens is 290 g/mol. The Labute approximate surface area is 141 Å². The fraction of sp³-hybridized carbons (Fsp3) is 0.842. The smallest absolute Gasteiger partial charge is 0.243 e. The average Bonchev–Trinajstić information content (AvgIpc) is 2.55. The quantitative estimate of drug-likeness (QED) is 0.554. The molecule has 4 nitrogen and oxygen atoms in total. The molecule has 0 aliphatic heterocycles. The van der Waals surface area contributed by atoms with Crippen LogP contribution in [0.4, 0.5) is 0 Å². The van der Waals surface area contributed by atoms with E-state index in [9.17, 15) is 9.90 Å². The zero-order valence-corrected chi connectivity index (χ0v) is 14.6. The van der Waals surface area contributed by atoms with Crippen LogP contribution in [-0.4, -0.2) is 36.4 Å². The molecule has 2 N–H and O–H groups in total. The molecule has 4 heteroatoms. The van der Waals surface area contributed by atoms with E-state index >= 15 is 0 Å². The summed E-state index contributed by atoms with van der Waals surface area (Å²) in [5.74, 6) is -0.124. The zero-order chi connectivity index (χ0) is 16.8. The Bertz CT molecular complexity index is 320. The topological polar surface area (TPSA) is 58.6 Å². The van der Waals surface area contributed by atoms with Crippen LogP contribution in [0.15, 0.2) is 12.7 Å². The zero-order valence-electron chi connectivity index (χ0n) is 14.6. The number of carbonyl (C=O) groups excluding carboxylic acids is 1. The van der Waals surface area contributed by atoms with Crippen LogP contribution in [-0.2, 0) is 9.53 Å². The van der Waals surface area contributed by atoms with Gasteiger partial charge in [-0.25, -0.2) is 0 Å². The minimum absolute atomic E-state index is 0.0165. The normalized spacial score (nSPS) is 24.2. The lowest BCUT2D eigenvalue weighted by Gasteiger charge is -2.24. The van der Waals surface area contributed by atoms with Crippen LogP contribution < -0.4 is 5.32 Å². The molecule has 1 rings (SSSR count). The molecule has 2 unspecified atom stereocenters. The van der Waals surface area contributed by atoms with E-state index in [1.54, 1.807) is 0 Å². The maximum absolute atomic E-state index is 11.0. The molecular formula is C19H35NO3. The first-order chi connectivity index (χ1) is 11.2. The number of nitrogens with one attached hydrogen (secondary N) is 1. The third-order valence-corrected chi connectivity index (χ3v) is 4.56. The van der Waals surface area contributed by atoms with E-state index in [4.69, 9.17) is 4.74 Å². The van der Waals surface area contributed by atoms with E-state index in [0.29, 0.717) is 13.2 Å². The molecule has 0 saturated heterocycles. The van der Waals surface area contributed by atoms with Gasteiger partial charge in [0.15, 0.2) is 0 Å². The van der Waals surface area contributed by atoms with Gasteiger partial charge in [-0.1, -0.05) is 57.9 Å². The van der Waals surface area contributed by atoms with Crippen LogP contribution in [0, 0.1) is 0 Å². The summed E-state index contributed by atoms with van der Waals surface area (Å²) >= 11 is 0. The summed E-state index contributed by atoms with van der Waals surface area (Å²) in [6.45, 7) is 4.74. The highest BCUT2D eigenvalue weighted by Crippen LogP contribution is 2.19. The Morgan fingerprint density at radius 2 is 1.65 bits per heavy atom. The largest absolute Gasteiger partial charge is 0.390 e.